The van der Waals surface area contributed by atoms with E-state index in [0.29, 0.717) is 23.3 Å². The van der Waals surface area contributed by atoms with Crippen molar-refractivity contribution in [1.29, 1.82) is 0 Å². The van der Waals surface area contributed by atoms with Crippen molar-refractivity contribution in [3.8, 4) is 0 Å². The molecule has 0 saturated heterocycles. The first-order valence-corrected chi connectivity index (χ1v) is 10.7. The fourth-order valence-electron chi connectivity index (χ4n) is 3.44. The smallest absolute Gasteiger partial charge is 0.338 e. The maximum atomic E-state index is 13.3. The van der Waals surface area contributed by atoms with Gasteiger partial charge in [-0.15, -0.1) is 0 Å². The van der Waals surface area contributed by atoms with E-state index in [-0.39, 0.29) is 5.78 Å². The molecule has 0 aliphatic rings. The minimum absolute atomic E-state index is 0.169. The fourth-order valence-corrected chi connectivity index (χ4v) is 3.44. The Kier molecular flexibility index (Phi) is 8.46. The number of ether oxygens (including phenoxy) is 1. The van der Waals surface area contributed by atoms with Crippen molar-refractivity contribution in [2.24, 2.45) is 0 Å². The Labute approximate surface area is 180 Å². The number of rotatable bonds is 10. The Bertz CT molecular complexity index is 886. The van der Waals surface area contributed by atoms with Crippen molar-refractivity contribution in [3.05, 3.63) is 58.7 Å². The molecule has 30 heavy (non-hydrogen) atoms. The molecular formula is C25H34N2O3. The lowest BCUT2D eigenvalue weighted by Gasteiger charge is -2.23. The molecule has 0 unspecified atom stereocenters. The SMILES string of the molecule is CCCCOC(=O)c1cc(N(C)C)ccc1C(=O)c1ccc(N(CC)CC)c(C)c1. The molecule has 0 N–H and O–H groups in total. The molecule has 0 bridgehead atoms. The summed E-state index contributed by atoms with van der Waals surface area (Å²) >= 11 is 0. The molecule has 0 atom stereocenters. The first-order chi connectivity index (χ1) is 14.3. The van der Waals surface area contributed by atoms with Crippen LogP contribution in [-0.4, -0.2) is 45.5 Å². The average molecular weight is 411 g/mol. The lowest BCUT2D eigenvalue weighted by atomic mass is 9.96. The number of anilines is 2. The van der Waals surface area contributed by atoms with Crippen LogP contribution in [0, 0.1) is 6.92 Å². The number of hydrogen-bond acceptors (Lipinski definition) is 5. The van der Waals surface area contributed by atoms with Gasteiger partial charge in [-0.25, -0.2) is 4.79 Å². The van der Waals surface area contributed by atoms with E-state index in [1.165, 1.54) is 0 Å². The first kappa shape index (κ1) is 23.5. The zero-order valence-electron chi connectivity index (χ0n) is 19.1. The van der Waals surface area contributed by atoms with Gasteiger partial charge in [-0.3, -0.25) is 4.79 Å². The molecule has 162 valence electrons. The van der Waals surface area contributed by atoms with Crippen molar-refractivity contribution < 1.29 is 14.3 Å². The number of nitrogens with zero attached hydrogens (tertiary/aromatic N) is 2. The van der Waals surface area contributed by atoms with Gasteiger partial charge in [-0.1, -0.05) is 13.3 Å². The van der Waals surface area contributed by atoms with E-state index in [9.17, 15) is 9.59 Å². The fraction of sp³-hybridized carbons (Fsp3) is 0.440. The third-order valence-corrected chi connectivity index (χ3v) is 5.28. The number of esters is 1. The van der Waals surface area contributed by atoms with Crippen LogP contribution in [0.15, 0.2) is 36.4 Å². The topological polar surface area (TPSA) is 49.9 Å². The van der Waals surface area contributed by atoms with Gasteiger partial charge in [0.1, 0.15) is 0 Å². The molecule has 5 heteroatoms. The van der Waals surface area contributed by atoms with E-state index in [1.54, 1.807) is 12.1 Å². The minimum Gasteiger partial charge on any atom is -0.462 e. The van der Waals surface area contributed by atoms with Crippen molar-refractivity contribution in [2.45, 2.75) is 40.5 Å². The van der Waals surface area contributed by atoms with E-state index in [2.05, 4.69) is 18.7 Å². The monoisotopic (exact) mass is 410 g/mol. The van der Waals surface area contributed by atoms with Gasteiger partial charge in [0.05, 0.1) is 12.2 Å². The number of hydrogen-bond donors (Lipinski definition) is 0. The van der Waals surface area contributed by atoms with Gasteiger partial charge in [0.15, 0.2) is 5.78 Å². The first-order valence-electron chi connectivity index (χ1n) is 10.7. The van der Waals surface area contributed by atoms with Gasteiger partial charge in [0.2, 0.25) is 0 Å². The largest absolute Gasteiger partial charge is 0.462 e. The number of ketones is 1. The normalized spacial score (nSPS) is 10.6. The molecule has 2 aromatic carbocycles. The van der Waals surface area contributed by atoms with Crippen LogP contribution in [0.5, 0.6) is 0 Å². The second-order valence-electron chi connectivity index (χ2n) is 7.62. The zero-order chi connectivity index (χ0) is 22.3. The molecule has 0 radical (unpaired) electrons. The van der Waals surface area contributed by atoms with Crippen LogP contribution in [0.4, 0.5) is 11.4 Å². The van der Waals surface area contributed by atoms with E-state index < -0.39 is 5.97 Å². The predicted octanol–water partition coefficient (Wildman–Crippen LogP) is 5.10. The summed E-state index contributed by atoms with van der Waals surface area (Å²) in [6.07, 6.45) is 1.74. The second kappa shape index (κ2) is 10.8. The van der Waals surface area contributed by atoms with Crippen LogP contribution >= 0.6 is 0 Å². The highest BCUT2D eigenvalue weighted by Gasteiger charge is 2.21. The Morgan fingerprint density at radius 2 is 1.63 bits per heavy atom. The average Bonchev–Trinajstić information content (AvgIpc) is 2.74. The number of carbonyl (C=O) groups excluding carboxylic acids is 2. The zero-order valence-corrected chi connectivity index (χ0v) is 19.1. The summed E-state index contributed by atoms with van der Waals surface area (Å²) < 4.78 is 5.42. The van der Waals surface area contributed by atoms with Crippen LogP contribution in [0.2, 0.25) is 0 Å². The van der Waals surface area contributed by atoms with Crippen molar-refractivity contribution in [2.75, 3.05) is 43.6 Å². The quantitative estimate of drug-likeness (QED) is 0.310. The number of aryl methyl sites for hydroxylation is 1. The van der Waals surface area contributed by atoms with Crippen LogP contribution in [0.3, 0.4) is 0 Å². The van der Waals surface area contributed by atoms with Crippen molar-refractivity contribution >= 4 is 23.1 Å². The number of carbonyl (C=O) groups is 2. The minimum atomic E-state index is -0.452. The Morgan fingerprint density at radius 3 is 2.20 bits per heavy atom. The number of unbranched alkanes of at least 4 members (excludes halogenated alkanes) is 1. The summed E-state index contributed by atoms with van der Waals surface area (Å²) in [5, 5.41) is 0. The highest BCUT2D eigenvalue weighted by atomic mass is 16.5. The van der Waals surface area contributed by atoms with Crippen molar-refractivity contribution in [3.63, 3.8) is 0 Å². The summed E-state index contributed by atoms with van der Waals surface area (Å²) in [7, 11) is 3.80. The molecule has 0 aliphatic heterocycles. The number of benzene rings is 2. The third kappa shape index (κ3) is 5.41. The molecular weight excluding hydrogens is 376 g/mol. The summed E-state index contributed by atoms with van der Waals surface area (Å²) in [6.45, 7) is 10.5. The Hall–Kier alpha value is -2.82. The molecule has 0 aliphatic carbocycles. The van der Waals surface area contributed by atoms with Crippen LogP contribution in [0.1, 0.15) is 65.5 Å². The van der Waals surface area contributed by atoms with Crippen LogP contribution in [-0.2, 0) is 4.74 Å². The summed E-state index contributed by atoms with van der Waals surface area (Å²) in [5.74, 6) is -0.621. The lowest BCUT2D eigenvalue weighted by molar-refractivity contribution is 0.0497. The van der Waals surface area contributed by atoms with E-state index in [1.807, 2.05) is 57.1 Å². The molecule has 2 rings (SSSR count). The maximum Gasteiger partial charge on any atom is 0.338 e. The maximum absolute atomic E-state index is 13.3. The summed E-state index contributed by atoms with van der Waals surface area (Å²) in [5.41, 5.74) is 4.27. The molecule has 0 amide bonds. The summed E-state index contributed by atoms with van der Waals surface area (Å²) in [4.78, 5) is 30.2. The van der Waals surface area contributed by atoms with E-state index in [4.69, 9.17) is 4.74 Å². The summed E-state index contributed by atoms with van der Waals surface area (Å²) in [6, 6.07) is 11.0. The Balaban J connectivity index is 2.43. The molecule has 2 aromatic rings. The lowest BCUT2D eigenvalue weighted by Crippen LogP contribution is -2.23. The third-order valence-electron chi connectivity index (χ3n) is 5.28. The molecule has 0 spiro atoms. The van der Waals surface area contributed by atoms with Gasteiger partial charge in [0, 0.05) is 49.7 Å². The molecule has 0 saturated carbocycles. The van der Waals surface area contributed by atoms with Crippen LogP contribution in [0.25, 0.3) is 0 Å². The highest BCUT2D eigenvalue weighted by molar-refractivity contribution is 6.15. The van der Waals surface area contributed by atoms with E-state index in [0.717, 1.165) is 42.9 Å². The Morgan fingerprint density at radius 1 is 0.933 bits per heavy atom. The standard InChI is InChI=1S/C25H34N2O3/c1-7-10-15-30-25(29)22-17-20(26(5)6)12-13-21(22)24(28)19-11-14-23(18(4)16-19)27(8-2)9-3/h11-14,16-17H,7-10,15H2,1-6H3. The van der Waals surface area contributed by atoms with Gasteiger partial charge in [-0.2, -0.15) is 0 Å². The van der Waals surface area contributed by atoms with Gasteiger partial charge in [-0.05, 0) is 69.2 Å². The predicted molar refractivity (Wildman–Crippen MR) is 124 cm³/mol. The van der Waals surface area contributed by atoms with Crippen LogP contribution < -0.4 is 9.80 Å². The molecule has 0 heterocycles. The van der Waals surface area contributed by atoms with Gasteiger partial charge >= 0.3 is 5.97 Å². The molecule has 0 aromatic heterocycles. The van der Waals surface area contributed by atoms with E-state index >= 15 is 0 Å². The van der Waals surface area contributed by atoms with Gasteiger partial charge in [0.25, 0.3) is 0 Å². The van der Waals surface area contributed by atoms with Gasteiger partial charge < -0.3 is 14.5 Å². The molecule has 5 nitrogen and oxygen atoms in total. The van der Waals surface area contributed by atoms with Crippen molar-refractivity contribution in [1.82, 2.24) is 0 Å². The molecule has 0 fully saturated rings. The second-order valence-corrected chi connectivity index (χ2v) is 7.62. The highest BCUT2D eigenvalue weighted by Crippen LogP contribution is 2.25.